The first-order valence-electron chi connectivity index (χ1n) is 8.17. The monoisotopic (exact) mass is 423 g/mol. The summed E-state index contributed by atoms with van der Waals surface area (Å²) in [6.07, 6.45) is -5.88. The lowest BCUT2D eigenvalue weighted by molar-refractivity contribution is -0.250. The Labute approximate surface area is 156 Å². The summed E-state index contributed by atoms with van der Waals surface area (Å²) in [6.45, 7) is 1.31. The zero-order chi connectivity index (χ0) is 22.3. The number of ether oxygens (including phenoxy) is 1. The molecule has 0 fully saturated rings. The van der Waals surface area contributed by atoms with Crippen molar-refractivity contribution in [3.8, 4) is 0 Å². The summed E-state index contributed by atoms with van der Waals surface area (Å²) in [5.74, 6) is -18.1. The summed E-state index contributed by atoms with van der Waals surface area (Å²) in [7, 11) is 0. The minimum atomic E-state index is -5.65. The van der Waals surface area contributed by atoms with Gasteiger partial charge in [-0.25, -0.2) is 8.78 Å². The van der Waals surface area contributed by atoms with E-state index in [4.69, 9.17) is 10.2 Å². The van der Waals surface area contributed by atoms with E-state index in [-0.39, 0.29) is 19.3 Å². The lowest BCUT2D eigenvalue weighted by Gasteiger charge is -2.25. The summed E-state index contributed by atoms with van der Waals surface area (Å²) in [5, 5.41) is 18.0. The van der Waals surface area contributed by atoms with E-state index < -0.39 is 67.0 Å². The van der Waals surface area contributed by atoms with Gasteiger partial charge in [0.05, 0.1) is 24.2 Å². The van der Waals surface area contributed by atoms with E-state index in [9.17, 15) is 40.7 Å². The van der Waals surface area contributed by atoms with Crippen molar-refractivity contribution in [2.24, 2.45) is 17.8 Å². The summed E-state index contributed by atoms with van der Waals surface area (Å²) in [6, 6.07) is 0. The van der Waals surface area contributed by atoms with Crippen LogP contribution in [0.15, 0.2) is 0 Å². The molecule has 12 heteroatoms. The second kappa shape index (κ2) is 10.5. The molecule has 0 aliphatic rings. The fourth-order valence-electron chi connectivity index (χ4n) is 2.23. The summed E-state index contributed by atoms with van der Waals surface area (Å²) in [4.78, 5) is 34.0. The van der Waals surface area contributed by atoms with Crippen molar-refractivity contribution in [3.63, 3.8) is 0 Å². The molecule has 0 rings (SSSR count). The molecule has 163 valence electrons. The maximum Gasteiger partial charge on any atom is 0.369 e. The van der Waals surface area contributed by atoms with E-state index in [0.29, 0.717) is 0 Å². The minimum Gasteiger partial charge on any atom is -0.481 e. The lowest BCUT2D eigenvalue weighted by atomic mass is 9.86. The first-order valence-corrected chi connectivity index (χ1v) is 8.17. The molecule has 0 bridgehead atoms. The van der Waals surface area contributed by atoms with Gasteiger partial charge in [-0.2, -0.15) is 17.6 Å². The first-order chi connectivity index (χ1) is 12.7. The van der Waals surface area contributed by atoms with Crippen LogP contribution in [-0.2, 0) is 19.1 Å². The van der Waals surface area contributed by atoms with Crippen LogP contribution < -0.4 is 0 Å². The van der Waals surface area contributed by atoms with E-state index in [1.165, 1.54) is 13.8 Å². The Morgan fingerprint density at radius 3 is 1.93 bits per heavy atom. The Balaban J connectivity index is 4.87. The number of carboxylic acids is 2. The Morgan fingerprint density at radius 2 is 1.54 bits per heavy atom. The van der Waals surface area contributed by atoms with Gasteiger partial charge < -0.3 is 14.9 Å². The molecule has 0 amide bonds. The predicted molar refractivity (Wildman–Crippen MR) is 82.1 cm³/mol. The number of alkyl halides is 6. The number of esters is 1. The van der Waals surface area contributed by atoms with Crippen LogP contribution in [0.3, 0.4) is 0 Å². The van der Waals surface area contributed by atoms with Crippen molar-refractivity contribution < 1.29 is 55.7 Å². The van der Waals surface area contributed by atoms with Crippen LogP contribution in [0.5, 0.6) is 0 Å². The van der Waals surface area contributed by atoms with Gasteiger partial charge in [0.25, 0.3) is 0 Å². The maximum atomic E-state index is 13.1. The van der Waals surface area contributed by atoms with Crippen LogP contribution >= 0.6 is 0 Å². The average Bonchev–Trinajstić information content (AvgIpc) is 2.57. The zero-order valence-electron chi connectivity index (χ0n) is 15.0. The third kappa shape index (κ3) is 7.19. The highest BCUT2D eigenvalue weighted by Crippen LogP contribution is 2.40. The molecule has 0 aromatic heterocycles. The topological polar surface area (TPSA) is 101 Å². The third-order valence-corrected chi connectivity index (χ3v) is 4.09. The standard InChI is InChI=1S/C16H21F6O6/c1-3-9(7-10(12(25)26)6-8(2)11(23)24)13(27)28-5-4-15(19,20)16(21,22)14(17)18/h4,8-10,14H,3,5-7H2,1-2H3,(H,23,24)(H,25,26). The Kier molecular flexibility index (Phi) is 9.76. The molecule has 0 aliphatic heterocycles. The molecule has 0 saturated heterocycles. The van der Waals surface area contributed by atoms with Crippen molar-refractivity contribution in [2.75, 3.05) is 6.61 Å². The number of rotatable bonds is 13. The highest BCUT2D eigenvalue weighted by atomic mass is 19.3. The molecule has 0 saturated carbocycles. The van der Waals surface area contributed by atoms with E-state index >= 15 is 0 Å². The quantitative estimate of drug-likeness (QED) is 0.347. The second-order valence-electron chi connectivity index (χ2n) is 6.23. The number of carboxylic acid groups (broad SMARTS) is 2. The molecule has 0 aromatic rings. The molecule has 0 heterocycles. The van der Waals surface area contributed by atoms with Gasteiger partial charge >= 0.3 is 36.2 Å². The number of carbonyl (C=O) groups excluding carboxylic acids is 1. The minimum absolute atomic E-state index is 0.00630. The van der Waals surface area contributed by atoms with Crippen molar-refractivity contribution in [3.05, 3.63) is 6.42 Å². The molecule has 2 N–H and O–H groups in total. The normalized spacial score (nSPS) is 15.8. The Bertz CT molecular complexity index is 554. The first kappa shape index (κ1) is 26.0. The van der Waals surface area contributed by atoms with Gasteiger partial charge in [-0.05, 0) is 19.3 Å². The van der Waals surface area contributed by atoms with Crippen LogP contribution in [-0.4, -0.2) is 53.0 Å². The molecule has 0 aliphatic carbocycles. The second-order valence-corrected chi connectivity index (χ2v) is 6.23. The number of halogens is 6. The molecule has 0 aromatic carbocycles. The molecule has 6 nitrogen and oxygen atoms in total. The molecular formula is C16H21F6O6. The van der Waals surface area contributed by atoms with E-state index in [2.05, 4.69) is 4.74 Å². The number of hydrogen-bond donors (Lipinski definition) is 2. The summed E-state index contributed by atoms with van der Waals surface area (Å²) >= 11 is 0. The highest BCUT2D eigenvalue weighted by Gasteiger charge is 2.62. The van der Waals surface area contributed by atoms with Gasteiger partial charge in [-0.1, -0.05) is 13.8 Å². The molecule has 3 atom stereocenters. The van der Waals surface area contributed by atoms with Crippen LogP contribution in [0.25, 0.3) is 0 Å². The van der Waals surface area contributed by atoms with Gasteiger partial charge in [-0.3, -0.25) is 14.4 Å². The van der Waals surface area contributed by atoms with Gasteiger partial charge in [-0.15, -0.1) is 0 Å². The number of hydrogen-bond acceptors (Lipinski definition) is 4. The van der Waals surface area contributed by atoms with Gasteiger partial charge in [0.15, 0.2) is 0 Å². The van der Waals surface area contributed by atoms with Crippen molar-refractivity contribution >= 4 is 17.9 Å². The van der Waals surface area contributed by atoms with Crippen LogP contribution in [0.1, 0.15) is 33.1 Å². The maximum absolute atomic E-state index is 13.1. The van der Waals surface area contributed by atoms with Crippen LogP contribution in [0, 0.1) is 24.2 Å². The van der Waals surface area contributed by atoms with Gasteiger partial charge in [0.1, 0.15) is 6.61 Å². The third-order valence-electron chi connectivity index (χ3n) is 4.09. The van der Waals surface area contributed by atoms with Gasteiger partial charge in [0, 0.05) is 0 Å². The predicted octanol–water partition coefficient (Wildman–Crippen LogP) is 3.50. The van der Waals surface area contributed by atoms with Crippen LogP contribution in [0.4, 0.5) is 26.3 Å². The smallest absolute Gasteiger partial charge is 0.369 e. The largest absolute Gasteiger partial charge is 0.481 e. The molecular weight excluding hydrogens is 402 g/mol. The zero-order valence-corrected chi connectivity index (χ0v) is 15.0. The highest BCUT2D eigenvalue weighted by molar-refractivity contribution is 5.76. The number of carbonyl (C=O) groups is 3. The molecule has 28 heavy (non-hydrogen) atoms. The lowest BCUT2D eigenvalue weighted by Crippen LogP contribution is -2.47. The molecule has 1 radical (unpaired) electrons. The molecule has 0 spiro atoms. The van der Waals surface area contributed by atoms with Crippen molar-refractivity contribution in [1.82, 2.24) is 0 Å². The summed E-state index contributed by atoms with van der Waals surface area (Å²) < 4.78 is 80.1. The van der Waals surface area contributed by atoms with Gasteiger partial charge in [0.2, 0.25) is 0 Å². The van der Waals surface area contributed by atoms with Crippen LogP contribution in [0.2, 0.25) is 0 Å². The fourth-order valence-corrected chi connectivity index (χ4v) is 2.23. The number of aliphatic carboxylic acids is 2. The SMILES string of the molecule is CCC(CC(CC(C)C(=O)O)C(=O)O)C(=O)OC[CH]C(F)(F)C(F)(F)C(F)F. The Morgan fingerprint density at radius 1 is 1.00 bits per heavy atom. The van der Waals surface area contributed by atoms with E-state index in [0.717, 1.165) is 0 Å². The van der Waals surface area contributed by atoms with E-state index in [1.54, 1.807) is 0 Å². The van der Waals surface area contributed by atoms with E-state index in [1.807, 2.05) is 0 Å². The van der Waals surface area contributed by atoms with Crippen molar-refractivity contribution in [2.45, 2.75) is 51.4 Å². The summed E-state index contributed by atoms with van der Waals surface area (Å²) in [5.41, 5.74) is 0. The Hall–Kier alpha value is -2.01. The average molecular weight is 423 g/mol. The van der Waals surface area contributed by atoms with Crippen molar-refractivity contribution in [1.29, 1.82) is 0 Å². The fraction of sp³-hybridized carbons (Fsp3) is 0.750. The molecule has 3 unspecified atom stereocenters.